The molecule has 0 aliphatic carbocycles. The molecule has 0 fully saturated rings. The van der Waals surface area contributed by atoms with Crippen LogP contribution in [0.5, 0.6) is 0 Å². The van der Waals surface area contributed by atoms with Crippen LogP contribution >= 0.6 is 0 Å². The molecule has 0 saturated carbocycles. The molecule has 1 rings (SSSR count). The van der Waals surface area contributed by atoms with Crippen LogP contribution in [0.3, 0.4) is 0 Å². The summed E-state index contributed by atoms with van der Waals surface area (Å²) in [6.45, 7) is 5.26. The van der Waals surface area contributed by atoms with Gasteiger partial charge in [-0.15, -0.1) is 0 Å². The fourth-order valence-corrected chi connectivity index (χ4v) is 1.73. The fourth-order valence-electron chi connectivity index (χ4n) is 1.73. The summed E-state index contributed by atoms with van der Waals surface area (Å²) in [5.74, 6) is 0. The van der Waals surface area contributed by atoms with Crippen molar-refractivity contribution in [2.45, 2.75) is 32.3 Å². The Bertz CT molecular complexity index is 320. The number of hydrogen-bond acceptors (Lipinski definition) is 2. The first-order valence-electron chi connectivity index (χ1n) is 5.85. The summed E-state index contributed by atoms with van der Waals surface area (Å²) in [6, 6.07) is 8.76. The number of likely N-dealkylation sites (N-methyl/N-ethyl adjacent to an activating group) is 1. The van der Waals surface area contributed by atoms with E-state index in [1.54, 1.807) is 7.11 Å². The average Bonchev–Trinajstić information content (AvgIpc) is 2.26. The van der Waals surface area contributed by atoms with E-state index < -0.39 is 0 Å². The van der Waals surface area contributed by atoms with E-state index in [1.165, 1.54) is 11.1 Å². The maximum absolute atomic E-state index is 5.45. The van der Waals surface area contributed by atoms with Gasteiger partial charge < -0.3 is 10.1 Å². The standard InChI is InChI=1S/C14H23NO/c1-14(2,16-4)11-13-7-5-6-12(10-13)8-9-15-3/h5-7,10,15H,8-9,11H2,1-4H3. The number of rotatable bonds is 6. The Balaban J connectivity index is 2.67. The van der Waals surface area contributed by atoms with Gasteiger partial charge in [0.2, 0.25) is 0 Å². The van der Waals surface area contributed by atoms with E-state index in [4.69, 9.17) is 4.74 Å². The fraction of sp³-hybridized carbons (Fsp3) is 0.571. The molecular weight excluding hydrogens is 198 g/mol. The number of benzene rings is 1. The molecule has 0 radical (unpaired) electrons. The van der Waals surface area contributed by atoms with E-state index in [1.807, 2.05) is 7.05 Å². The van der Waals surface area contributed by atoms with Gasteiger partial charge in [-0.2, -0.15) is 0 Å². The number of hydrogen-bond donors (Lipinski definition) is 1. The molecule has 0 amide bonds. The smallest absolute Gasteiger partial charge is 0.0662 e. The Morgan fingerprint density at radius 3 is 2.56 bits per heavy atom. The summed E-state index contributed by atoms with van der Waals surface area (Å²) in [7, 11) is 3.75. The molecule has 1 N–H and O–H groups in total. The Morgan fingerprint density at radius 1 is 1.25 bits per heavy atom. The van der Waals surface area contributed by atoms with Crippen LogP contribution in [0.2, 0.25) is 0 Å². The highest BCUT2D eigenvalue weighted by molar-refractivity contribution is 5.25. The first-order valence-corrected chi connectivity index (χ1v) is 5.85. The van der Waals surface area contributed by atoms with Crippen LogP contribution in [0.15, 0.2) is 24.3 Å². The van der Waals surface area contributed by atoms with Gasteiger partial charge in [0.25, 0.3) is 0 Å². The highest BCUT2D eigenvalue weighted by atomic mass is 16.5. The summed E-state index contributed by atoms with van der Waals surface area (Å²) >= 11 is 0. The molecule has 16 heavy (non-hydrogen) atoms. The highest BCUT2D eigenvalue weighted by Crippen LogP contribution is 2.17. The number of ether oxygens (including phenoxy) is 1. The van der Waals surface area contributed by atoms with Crippen LogP contribution in [0.4, 0.5) is 0 Å². The van der Waals surface area contributed by atoms with Crippen molar-refractivity contribution in [3.8, 4) is 0 Å². The summed E-state index contributed by atoms with van der Waals surface area (Å²) in [6.07, 6.45) is 2.04. The monoisotopic (exact) mass is 221 g/mol. The largest absolute Gasteiger partial charge is 0.378 e. The third kappa shape index (κ3) is 4.33. The van der Waals surface area contributed by atoms with Crippen molar-refractivity contribution in [2.24, 2.45) is 0 Å². The van der Waals surface area contributed by atoms with Crippen LogP contribution in [-0.4, -0.2) is 26.3 Å². The lowest BCUT2D eigenvalue weighted by Gasteiger charge is -2.23. The van der Waals surface area contributed by atoms with E-state index in [-0.39, 0.29) is 5.60 Å². The van der Waals surface area contributed by atoms with Crippen LogP contribution in [0.1, 0.15) is 25.0 Å². The molecule has 0 atom stereocenters. The molecule has 1 aromatic rings. The lowest BCUT2D eigenvalue weighted by Crippen LogP contribution is -2.25. The molecule has 0 saturated heterocycles. The Labute approximate surface area is 99.0 Å². The Hall–Kier alpha value is -0.860. The van der Waals surface area contributed by atoms with E-state index >= 15 is 0 Å². The van der Waals surface area contributed by atoms with Gasteiger partial charge >= 0.3 is 0 Å². The van der Waals surface area contributed by atoms with E-state index in [0.29, 0.717) is 0 Å². The van der Waals surface area contributed by atoms with Gasteiger partial charge in [-0.05, 0) is 45.0 Å². The average molecular weight is 221 g/mol. The quantitative estimate of drug-likeness (QED) is 0.796. The molecule has 0 unspecified atom stereocenters. The van der Waals surface area contributed by atoms with Gasteiger partial charge in [-0.25, -0.2) is 0 Å². The van der Waals surface area contributed by atoms with E-state index in [9.17, 15) is 0 Å². The summed E-state index contributed by atoms with van der Waals surface area (Å²) in [5.41, 5.74) is 2.65. The molecule has 90 valence electrons. The third-order valence-electron chi connectivity index (χ3n) is 2.84. The van der Waals surface area contributed by atoms with Crippen LogP contribution in [0.25, 0.3) is 0 Å². The molecule has 0 bridgehead atoms. The predicted molar refractivity (Wildman–Crippen MR) is 68.9 cm³/mol. The molecule has 0 aliphatic heterocycles. The lowest BCUT2D eigenvalue weighted by atomic mass is 9.96. The Morgan fingerprint density at radius 2 is 1.94 bits per heavy atom. The van der Waals surface area contributed by atoms with E-state index in [2.05, 4.69) is 43.4 Å². The van der Waals surface area contributed by atoms with Crippen molar-refractivity contribution < 1.29 is 4.74 Å². The van der Waals surface area contributed by atoms with Gasteiger partial charge in [0.1, 0.15) is 0 Å². The lowest BCUT2D eigenvalue weighted by molar-refractivity contribution is 0.0232. The third-order valence-corrected chi connectivity index (χ3v) is 2.84. The van der Waals surface area contributed by atoms with Crippen molar-refractivity contribution >= 4 is 0 Å². The number of methoxy groups -OCH3 is 1. The minimum Gasteiger partial charge on any atom is -0.378 e. The van der Waals surface area contributed by atoms with Gasteiger partial charge in [0.15, 0.2) is 0 Å². The van der Waals surface area contributed by atoms with Crippen LogP contribution in [0, 0.1) is 0 Å². The van der Waals surface area contributed by atoms with Crippen molar-refractivity contribution in [1.29, 1.82) is 0 Å². The number of nitrogens with one attached hydrogen (secondary N) is 1. The van der Waals surface area contributed by atoms with Gasteiger partial charge in [0.05, 0.1) is 5.60 Å². The topological polar surface area (TPSA) is 21.3 Å². The molecule has 0 heterocycles. The summed E-state index contributed by atoms with van der Waals surface area (Å²) in [4.78, 5) is 0. The zero-order valence-corrected chi connectivity index (χ0v) is 10.8. The van der Waals surface area contributed by atoms with Crippen molar-refractivity contribution in [2.75, 3.05) is 20.7 Å². The molecular formula is C14H23NO. The molecule has 0 aromatic heterocycles. The first-order chi connectivity index (χ1) is 7.57. The van der Waals surface area contributed by atoms with Crippen molar-refractivity contribution in [3.63, 3.8) is 0 Å². The zero-order chi connectivity index (χ0) is 12.0. The van der Waals surface area contributed by atoms with Crippen LogP contribution < -0.4 is 5.32 Å². The normalized spacial score (nSPS) is 11.8. The SMILES string of the molecule is CNCCc1cccc(CC(C)(C)OC)c1. The molecule has 1 aromatic carbocycles. The minimum absolute atomic E-state index is 0.0817. The maximum Gasteiger partial charge on any atom is 0.0662 e. The van der Waals surface area contributed by atoms with Crippen LogP contribution in [-0.2, 0) is 17.6 Å². The van der Waals surface area contributed by atoms with Gasteiger partial charge in [0, 0.05) is 13.5 Å². The summed E-state index contributed by atoms with van der Waals surface area (Å²) in [5, 5.41) is 3.17. The first kappa shape index (κ1) is 13.2. The molecule has 2 heteroatoms. The Kier molecular flexibility index (Phi) is 4.97. The second kappa shape index (κ2) is 6.02. The second-order valence-corrected chi connectivity index (χ2v) is 4.81. The van der Waals surface area contributed by atoms with E-state index in [0.717, 1.165) is 19.4 Å². The molecule has 0 aliphatic rings. The summed E-state index contributed by atoms with van der Waals surface area (Å²) < 4.78 is 5.45. The second-order valence-electron chi connectivity index (χ2n) is 4.81. The van der Waals surface area contributed by atoms with Crippen molar-refractivity contribution in [1.82, 2.24) is 5.32 Å². The highest BCUT2D eigenvalue weighted by Gasteiger charge is 2.16. The molecule has 2 nitrogen and oxygen atoms in total. The van der Waals surface area contributed by atoms with Crippen molar-refractivity contribution in [3.05, 3.63) is 35.4 Å². The van der Waals surface area contributed by atoms with Gasteiger partial charge in [-0.3, -0.25) is 0 Å². The predicted octanol–water partition coefficient (Wildman–Crippen LogP) is 2.42. The molecule has 0 spiro atoms. The maximum atomic E-state index is 5.45. The minimum atomic E-state index is -0.0817. The van der Waals surface area contributed by atoms with Gasteiger partial charge in [-0.1, -0.05) is 24.3 Å². The zero-order valence-electron chi connectivity index (χ0n) is 10.8.